The summed E-state index contributed by atoms with van der Waals surface area (Å²) in [6, 6.07) is 11.0. The maximum absolute atomic E-state index is 12.8. The lowest BCUT2D eigenvalue weighted by molar-refractivity contribution is 0.0911. The molecule has 9 heteroatoms. The van der Waals surface area contributed by atoms with Crippen molar-refractivity contribution in [3.63, 3.8) is 0 Å². The molecule has 1 amide bonds. The second-order valence-corrected chi connectivity index (χ2v) is 9.49. The summed E-state index contributed by atoms with van der Waals surface area (Å²) in [4.78, 5) is 12.3. The molecule has 2 aromatic carbocycles. The molecule has 0 aliphatic carbocycles. The van der Waals surface area contributed by atoms with Gasteiger partial charge in [-0.15, -0.1) is 0 Å². The first kappa shape index (κ1) is 23.2. The molecule has 29 heavy (non-hydrogen) atoms. The van der Waals surface area contributed by atoms with Crippen molar-refractivity contribution in [2.45, 2.75) is 25.3 Å². The Morgan fingerprint density at radius 1 is 1.17 bits per heavy atom. The molecule has 2 rings (SSSR count). The van der Waals surface area contributed by atoms with Crippen LogP contribution in [-0.2, 0) is 16.6 Å². The molecule has 0 aliphatic rings. The number of benzene rings is 2. The van der Waals surface area contributed by atoms with Crippen molar-refractivity contribution in [1.29, 1.82) is 0 Å². The van der Waals surface area contributed by atoms with Crippen molar-refractivity contribution >= 4 is 27.5 Å². The van der Waals surface area contributed by atoms with Gasteiger partial charge in [-0.2, -0.15) is 0 Å². The molecule has 0 radical (unpaired) electrons. The second kappa shape index (κ2) is 9.58. The third-order valence-electron chi connectivity index (χ3n) is 4.25. The number of ether oxygens (including phenoxy) is 1. The summed E-state index contributed by atoms with van der Waals surface area (Å²) < 4.78 is 33.3. The zero-order valence-electron chi connectivity index (χ0n) is 16.5. The molecule has 0 heterocycles. The SMILES string of the molecule is COc1ccc(C(=O)NCC(C)(C)CO)cc1S(=O)(=O)NCc1ccc(Cl)cc1. The van der Waals surface area contributed by atoms with Gasteiger partial charge < -0.3 is 15.2 Å². The van der Waals surface area contributed by atoms with Gasteiger partial charge in [-0.05, 0) is 35.9 Å². The number of sulfonamides is 1. The van der Waals surface area contributed by atoms with Gasteiger partial charge in [-0.25, -0.2) is 13.1 Å². The van der Waals surface area contributed by atoms with Gasteiger partial charge in [0.1, 0.15) is 10.6 Å². The molecule has 158 valence electrons. The fourth-order valence-electron chi connectivity index (χ4n) is 2.36. The number of nitrogens with one attached hydrogen (secondary N) is 2. The molecule has 0 bridgehead atoms. The third-order valence-corrected chi connectivity index (χ3v) is 5.92. The molecule has 0 saturated carbocycles. The molecule has 0 atom stereocenters. The Bertz CT molecular complexity index is 959. The van der Waals surface area contributed by atoms with E-state index in [1.165, 1.54) is 25.3 Å². The molecule has 3 N–H and O–H groups in total. The quantitative estimate of drug-likeness (QED) is 0.555. The van der Waals surface area contributed by atoms with Gasteiger partial charge in [-0.1, -0.05) is 37.6 Å². The van der Waals surface area contributed by atoms with E-state index in [2.05, 4.69) is 10.0 Å². The van der Waals surface area contributed by atoms with Crippen LogP contribution in [0.2, 0.25) is 5.02 Å². The zero-order chi connectivity index (χ0) is 21.7. The van der Waals surface area contributed by atoms with E-state index in [-0.39, 0.29) is 35.9 Å². The lowest BCUT2D eigenvalue weighted by Crippen LogP contribution is -2.36. The minimum Gasteiger partial charge on any atom is -0.495 e. The van der Waals surface area contributed by atoms with Gasteiger partial charge in [0.15, 0.2) is 0 Å². The Morgan fingerprint density at radius 2 is 1.83 bits per heavy atom. The molecule has 7 nitrogen and oxygen atoms in total. The van der Waals surface area contributed by atoms with Gasteiger partial charge in [0, 0.05) is 35.7 Å². The third kappa shape index (κ3) is 6.43. The predicted molar refractivity (Wildman–Crippen MR) is 112 cm³/mol. The van der Waals surface area contributed by atoms with Crippen LogP contribution >= 0.6 is 11.6 Å². The van der Waals surface area contributed by atoms with Crippen molar-refractivity contribution in [2.75, 3.05) is 20.3 Å². The van der Waals surface area contributed by atoms with E-state index in [0.29, 0.717) is 5.02 Å². The maximum atomic E-state index is 12.8. The minimum atomic E-state index is -3.94. The fourth-order valence-corrected chi connectivity index (χ4v) is 3.70. The first-order chi connectivity index (χ1) is 13.6. The van der Waals surface area contributed by atoms with Gasteiger partial charge >= 0.3 is 0 Å². The predicted octanol–water partition coefficient (Wildman–Crippen LogP) is 2.58. The van der Waals surface area contributed by atoms with Gasteiger partial charge in [-0.3, -0.25) is 4.79 Å². The number of hydrogen-bond acceptors (Lipinski definition) is 5. The summed E-state index contributed by atoms with van der Waals surface area (Å²) in [7, 11) is -2.59. The van der Waals surface area contributed by atoms with Gasteiger partial charge in [0.25, 0.3) is 5.91 Å². The van der Waals surface area contributed by atoms with E-state index in [1.54, 1.807) is 38.1 Å². The van der Waals surface area contributed by atoms with Crippen LogP contribution in [-0.4, -0.2) is 39.7 Å². The lowest BCUT2D eigenvalue weighted by Gasteiger charge is -2.22. The highest BCUT2D eigenvalue weighted by Crippen LogP contribution is 2.25. The van der Waals surface area contributed by atoms with Crippen molar-refractivity contribution in [3.8, 4) is 5.75 Å². The van der Waals surface area contributed by atoms with Crippen LogP contribution in [0.15, 0.2) is 47.4 Å². The molecule has 0 unspecified atom stereocenters. The Hall–Kier alpha value is -2.13. The standard InChI is InChI=1S/C20H25ClN2O5S/c1-20(2,13-24)12-22-19(25)15-6-9-17(28-3)18(10-15)29(26,27)23-11-14-4-7-16(21)8-5-14/h4-10,23-24H,11-13H2,1-3H3,(H,22,25). The monoisotopic (exact) mass is 440 g/mol. The summed E-state index contributed by atoms with van der Waals surface area (Å²) in [6.45, 7) is 3.81. The zero-order valence-corrected chi connectivity index (χ0v) is 18.1. The summed E-state index contributed by atoms with van der Waals surface area (Å²) in [5, 5.41) is 12.6. The number of amides is 1. The Labute approximate surface area is 176 Å². The number of rotatable bonds is 9. The van der Waals surface area contributed by atoms with Crippen LogP contribution in [0.1, 0.15) is 29.8 Å². The van der Waals surface area contributed by atoms with Crippen LogP contribution in [0.5, 0.6) is 5.75 Å². The Morgan fingerprint density at radius 3 is 2.41 bits per heavy atom. The van der Waals surface area contributed by atoms with E-state index < -0.39 is 21.3 Å². The molecule has 0 fully saturated rings. The van der Waals surface area contributed by atoms with E-state index in [4.69, 9.17) is 16.3 Å². The lowest BCUT2D eigenvalue weighted by atomic mass is 9.95. The summed E-state index contributed by atoms with van der Waals surface area (Å²) in [6.07, 6.45) is 0. The van der Waals surface area contributed by atoms with Crippen LogP contribution in [0.25, 0.3) is 0 Å². The van der Waals surface area contributed by atoms with Crippen molar-refractivity contribution in [3.05, 3.63) is 58.6 Å². The summed E-state index contributed by atoms with van der Waals surface area (Å²) >= 11 is 5.84. The Kier molecular flexibility index (Phi) is 7.65. The second-order valence-electron chi connectivity index (χ2n) is 7.32. The van der Waals surface area contributed by atoms with E-state index in [1.807, 2.05) is 0 Å². The fraction of sp³-hybridized carbons (Fsp3) is 0.350. The van der Waals surface area contributed by atoms with Crippen LogP contribution in [0.3, 0.4) is 0 Å². The molecule has 0 aliphatic heterocycles. The highest BCUT2D eigenvalue weighted by Gasteiger charge is 2.23. The summed E-state index contributed by atoms with van der Waals surface area (Å²) in [5.74, 6) is -0.316. The maximum Gasteiger partial charge on any atom is 0.251 e. The van der Waals surface area contributed by atoms with Gasteiger partial charge in [0.2, 0.25) is 10.0 Å². The van der Waals surface area contributed by atoms with Gasteiger partial charge in [0.05, 0.1) is 7.11 Å². The number of halogens is 1. The Balaban J connectivity index is 2.22. The average Bonchev–Trinajstić information content (AvgIpc) is 2.71. The first-order valence-electron chi connectivity index (χ1n) is 8.89. The van der Waals surface area contributed by atoms with Crippen LogP contribution < -0.4 is 14.8 Å². The van der Waals surface area contributed by atoms with Crippen LogP contribution in [0, 0.1) is 5.41 Å². The van der Waals surface area contributed by atoms with Crippen LogP contribution in [0.4, 0.5) is 0 Å². The van der Waals surface area contributed by atoms with E-state index in [9.17, 15) is 18.3 Å². The normalized spacial score (nSPS) is 11.9. The first-order valence-corrected chi connectivity index (χ1v) is 10.8. The molecular formula is C20H25ClN2O5S. The molecule has 0 spiro atoms. The van der Waals surface area contributed by atoms with Crippen molar-refractivity contribution in [2.24, 2.45) is 5.41 Å². The highest BCUT2D eigenvalue weighted by molar-refractivity contribution is 7.89. The number of carbonyl (C=O) groups excluding carboxylic acids is 1. The number of aliphatic hydroxyl groups is 1. The largest absolute Gasteiger partial charge is 0.495 e. The minimum absolute atomic E-state index is 0.0593. The molecular weight excluding hydrogens is 416 g/mol. The highest BCUT2D eigenvalue weighted by atomic mass is 35.5. The van der Waals surface area contributed by atoms with Crippen molar-refractivity contribution in [1.82, 2.24) is 10.0 Å². The smallest absolute Gasteiger partial charge is 0.251 e. The number of aliphatic hydroxyl groups excluding tert-OH is 1. The molecule has 2 aromatic rings. The average molecular weight is 441 g/mol. The van der Waals surface area contributed by atoms with Crippen molar-refractivity contribution < 1.29 is 23.1 Å². The van der Waals surface area contributed by atoms with E-state index >= 15 is 0 Å². The molecule has 0 saturated heterocycles. The van der Waals surface area contributed by atoms with E-state index in [0.717, 1.165) is 5.56 Å². The summed E-state index contributed by atoms with van der Waals surface area (Å²) in [5.41, 5.74) is 0.417. The number of carbonyl (C=O) groups is 1. The number of methoxy groups -OCH3 is 1. The molecule has 0 aromatic heterocycles. The topological polar surface area (TPSA) is 105 Å². The number of hydrogen-bond donors (Lipinski definition) is 3.